The molecule has 2 heterocycles. The normalized spacial score (nSPS) is 13.5. The van der Waals surface area contributed by atoms with Crippen LogP contribution in [0.1, 0.15) is 22.3 Å². The molecule has 0 radical (unpaired) electrons. The third-order valence-electron chi connectivity index (χ3n) is 3.89. The Morgan fingerprint density at radius 2 is 1.95 bits per heavy atom. The molecule has 114 valence electrons. The number of carbonyl (C=O) groups excluding carboxylic acids is 1. The summed E-state index contributed by atoms with van der Waals surface area (Å²) in [5, 5.41) is 0. The van der Waals surface area contributed by atoms with Gasteiger partial charge in [-0.15, -0.1) is 0 Å². The number of nitrogens with zero attached hydrogens (tertiary/aromatic N) is 2. The molecule has 2 aromatic rings. The van der Waals surface area contributed by atoms with E-state index in [4.69, 9.17) is 9.47 Å². The Morgan fingerprint density at radius 3 is 2.64 bits per heavy atom. The van der Waals surface area contributed by atoms with Crippen LogP contribution in [0.4, 0.5) is 5.69 Å². The van der Waals surface area contributed by atoms with Crippen LogP contribution < -0.4 is 14.4 Å². The van der Waals surface area contributed by atoms with Gasteiger partial charge in [0.15, 0.2) is 0 Å². The van der Waals surface area contributed by atoms with Gasteiger partial charge in [-0.25, -0.2) is 0 Å². The lowest BCUT2D eigenvalue weighted by molar-refractivity contribution is 0.0985. The molecule has 5 nitrogen and oxygen atoms in total. The van der Waals surface area contributed by atoms with Crippen molar-refractivity contribution in [3.8, 4) is 11.5 Å². The molecule has 1 aliphatic heterocycles. The van der Waals surface area contributed by atoms with E-state index in [9.17, 15) is 4.79 Å². The molecule has 0 spiro atoms. The molecule has 1 amide bonds. The second kappa shape index (κ2) is 6.05. The summed E-state index contributed by atoms with van der Waals surface area (Å²) in [5.74, 6) is 1.42. The Morgan fingerprint density at radius 1 is 1.18 bits per heavy atom. The van der Waals surface area contributed by atoms with Crippen molar-refractivity contribution in [2.45, 2.75) is 12.8 Å². The highest BCUT2D eigenvalue weighted by molar-refractivity contribution is 6.07. The molecule has 0 N–H and O–H groups in total. The van der Waals surface area contributed by atoms with Crippen molar-refractivity contribution in [1.29, 1.82) is 0 Å². The van der Waals surface area contributed by atoms with Crippen molar-refractivity contribution in [3.63, 3.8) is 0 Å². The molecule has 1 aromatic carbocycles. The van der Waals surface area contributed by atoms with Gasteiger partial charge in [-0.1, -0.05) is 0 Å². The van der Waals surface area contributed by atoms with E-state index in [2.05, 4.69) is 4.98 Å². The van der Waals surface area contributed by atoms with Crippen LogP contribution in [0.5, 0.6) is 11.5 Å². The minimum absolute atomic E-state index is 0.0290. The first kappa shape index (κ1) is 14.4. The second-order valence-corrected chi connectivity index (χ2v) is 5.12. The van der Waals surface area contributed by atoms with Crippen molar-refractivity contribution in [3.05, 3.63) is 47.8 Å². The van der Waals surface area contributed by atoms with Gasteiger partial charge >= 0.3 is 0 Å². The van der Waals surface area contributed by atoms with Crippen LogP contribution in [0, 0.1) is 0 Å². The number of hydrogen-bond acceptors (Lipinski definition) is 4. The number of benzene rings is 1. The molecule has 0 bridgehead atoms. The van der Waals surface area contributed by atoms with Crippen molar-refractivity contribution in [1.82, 2.24) is 4.98 Å². The number of rotatable bonds is 3. The Bertz CT molecular complexity index is 686. The average molecular weight is 298 g/mol. The molecule has 1 aromatic heterocycles. The van der Waals surface area contributed by atoms with E-state index < -0.39 is 0 Å². The van der Waals surface area contributed by atoms with Crippen molar-refractivity contribution in [2.75, 3.05) is 25.7 Å². The van der Waals surface area contributed by atoms with Gasteiger partial charge in [-0.2, -0.15) is 0 Å². The van der Waals surface area contributed by atoms with Crippen molar-refractivity contribution >= 4 is 11.6 Å². The molecule has 0 atom stereocenters. The van der Waals surface area contributed by atoms with E-state index in [1.54, 1.807) is 43.6 Å². The summed E-state index contributed by atoms with van der Waals surface area (Å²) in [6.45, 7) is 0.685. The SMILES string of the molecule is COc1cc(OC)c2c(c1)N(C(=O)c1ccncc1)CCC2. The fraction of sp³-hybridized carbons (Fsp3) is 0.294. The zero-order valence-corrected chi connectivity index (χ0v) is 12.7. The number of amides is 1. The summed E-state index contributed by atoms with van der Waals surface area (Å²) in [6.07, 6.45) is 5.06. The molecule has 22 heavy (non-hydrogen) atoms. The lowest BCUT2D eigenvalue weighted by atomic mass is 9.99. The highest BCUT2D eigenvalue weighted by atomic mass is 16.5. The summed E-state index contributed by atoms with van der Waals surface area (Å²) < 4.78 is 10.8. The highest BCUT2D eigenvalue weighted by Gasteiger charge is 2.26. The Kier molecular flexibility index (Phi) is 3.96. The average Bonchev–Trinajstić information content (AvgIpc) is 2.60. The molecular formula is C17H18N2O3. The maximum atomic E-state index is 12.8. The first-order chi connectivity index (χ1) is 10.7. The van der Waals surface area contributed by atoms with E-state index in [1.165, 1.54) is 0 Å². The quantitative estimate of drug-likeness (QED) is 0.874. The van der Waals surface area contributed by atoms with E-state index in [0.717, 1.165) is 29.8 Å². The molecule has 5 heteroatoms. The van der Waals surface area contributed by atoms with Crippen LogP contribution in [0.2, 0.25) is 0 Å². The topological polar surface area (TPSA) is 51.7 Å². The lowest BCUT2D eigenvalue weighted by Gasteiger charge is -2.31. The predicted molar refractivity (Wildman–Crippen MR) is 83.8 cm³/mol. The molecule has 3 rings (SSSR count). The summed E-state index contributed by atoms with van der Waals surface area (Å²) >= 11 is 0. The van der Waals surface area contributed by atoms with E-state index in [-0.39, 0.29) is 5.91 Å². The fourth-order valence-electron chi connectivity index (χ4n) is 2.79. The number of fused-ring (bicyclic) bond motifs is 1. The minimum atomic E-state index is -0.0290. The van der Waals surface area contributed by atoms with Gasteiger partial charge in [0.2, 0.25) is 0 Å². The van der Waals surface area contributed by atoms with Crippen LogP contribution in [0.3, 0.4) is 0 Å². The van der Waals surface area contributed by atoms with Gasteiger partial charge in [-0.3, -0.25) is 9.78 Å². The number of aromatic nitrogens is 1. The zero-order valence-electron chi connectivity index (χ0n) is 12.7. The van der Waals surface area contributed by atoms with Gasteiger partial charge in [0, 0.05) is 42.2 Å². The zero-order chi connectivity index (χ0) is 15.5. The standard InChI is InChI=1S/C17H18N2O3/c1-21-13-10-15-14(16(11-13)22-2)4-3-9-19(15)17(20)12-5-7-18-8-6-12/h5-8,10-11H,3-4,9H2,1-2H3. The second-order valence-electron chi connectivity index (χ2n) is 5.12. The summed E-state index contributed by atoms with van der Waals surface area (Å²) in [5.41, 5.74) is 2.55. The molecule has 0 saturated carbocycles. The van der Waals surface area contributed by atoms with E-state index in [0.29, 0.717) is 17.9 Å². The number of ether oxygens (including phenoxy) is 2. The molecule has 1 aliphatic rings. The third kappa shape index (κ3) is 2.50. The summed E-state index contributed by atoms with van der Waals surface area (Å²) in [7, 11) is 3.25. The minimum Gasteiger partial charge on any atom is -0.497 e. The number of pyridine rings is 1. The van der Waals surface area contributed by atoms with Crippen LogP contribution in [0.15, 0.2) is 36.7 Å². The van der Waals surface area contributed by atoms with Gasteiger partial charge in [0.1, 0.15) is 11.5 Å². The Balaban J connectivity index is 2.05. The number of carbonyl (C=O) groups is 1. The van der Waals surface area contributed by atoms with Crippen molar-refractivity contribution < 1.29 is 14.3 Å². The van der Waals surface area contributed by atoms with Crippen LogP contribution >= 0.6 is 0 Å². The maximum absolute atomic E-state index is 12.8. The molecule has 0 aliphatic carbocycles. The number of anilines is 1. The third-order valence-corrected chi connectivity index (χ3v) is 3.89. The lowest BCUT2D eigenvalue weighted by Crippen LogP contribution is -2.35. The molecular weight excluding hydrogens is 280 g/mol. The van der Waals surface area contributed by atoms with Gasteiger partial charge in [0.05, 0.1) is 19.9 Å². The van der Waals surface area contributed by atoms with E-state index >= 15 is 0 Å². The largest absolute Gasteiger partial charge is 0.497 e. The summed E-state index contributed by atoms with van der Waals surface area (Å²) in [4.78, 5) is 18.5. The Hall–Kier alpha value is -2.56. The smallest absolute Gasteiger partial charge is 0.258 e. The van der Waals surface area contributed by atoms with Crippen molar-refractivity contribution in [2.24, 2.45) is 0 Å². The highest BCUT2D eigenvalue weighted by Crippen LogP contribution is 2.38. The van der Waals surface area contributed by atoms with Gasteiger partial charge in [-0.05, 0) is 25.0 Å². The fourth-order valence-corrected chi connectivity index (χ4v) is 2.79. The number of hydrogen-bond donors (Lipinski definition) is 0. The Labute approximate surface area is 129 Å². The molecule has 0 unspecified atom stereocenters. The monoisotopic (exact) mass is 298 g/mol. The van der Waals surface area contributed by atoms with Crippen LogP contribution in [-0.2, 0) is 6.42 Å². The molecule has 0 fully saturated rings. The first-order valence-electron chi connectivity index (χ1n) is 7.21. The summed E-state index contributed by atoms with van der Waals surface area (Å²) in [6, 6.07) is 7.22. The van der Waals surface area contributed by atoms with E-state index in [1.807, 2.05) is 12.1 Å². The van der Waals surface area contributed by atoms with Crippen LogP contribution in [0.25, 0.3) is 0 Å². The van der Waals surface area contributed by atoms with Gasteiger partial charge in [0.25, 0.3) is 5.91 Å². The van der Waals surface area contributed by atoms with Crippen LogP contribution in [-0.4, -0.2) is 31.7 Å². The first-order valence-corrected chi connectivity index (χ1v) is 7.21. The predicted octanol–water partition coefficient (Wildman–Crippen LogP) is 2.69. The molecule has 0 saturated heterocycles. The number of methoxy groups -OCH3 is 2. The van der Waals surface area contributed by atoms with Gasteiger partial charge < -0.3 is 14.4 Å². The maximum Gasteiger partial charge on any atom is 0.258 e.